The molecule has 1 fully saturated rings. The van der Waals surface area contributed by atoms with Crippen LogP contribution in [0.15, 0.2) is 12.2 Å². The van der Waals surface area contributed by atoms with Gasteiger partial charge in [-0.25, -0.2) is 0 Å². The lowest BCUT2D eigenvalue weighted by molar-refractivity contribution is -0.160. The SMILES string of the molecule is CC(C)(C)[Si](C)(C)O[C@H]1C=CC[C@H]2C(=O)[C@H](O[Si](C)(C)C(C)(C)C)[C@@H](O[Si](C)(C)C(C)(C)C)C(=O)[C@@H]12. The molecule has 0 bridgehead atoms. The van der Waals surface area contributed by atoms with E-state index in [0.29, 0.717) is 6.42 Å². The van der Waals surface area contributed by atoms with Gasteiger partial charge in [-0.3, -0.25) is 9.59 Å². The van der Waals surface area contributed by atoms with Crippen LogP contribution in [-0.4, -0.2) is 54.8 Å². The van der Waals surface area contributed by atoms with Crippen molar-refractivity contribution in [3.8, 4) is 0 Å². The van der Waals surface area contributed by atoms with Crippen LogP contribution in [0.1, 0.15) is 68.7 Å². The number of ketones is 2. The zero-order chi connectivity index (χ0) is 28.3. The van der Waals surface area contributed by atoms with Crippen molar-refractivity contribution >= 4 is 36.5 Å². The Bertz CT molecular complexity index is 871. The topological polar surface area (TPSA) is 61.8 Å². The second-order valence-electron chi connectivity index (χ2n) is 15.5. The Balaban J connectivity index is 2.57. The van der Waals surface area contributed by atoms with Gasteiger partial charge in [-0.2, -0.15) is 0 Å². The van der Waals surface area contributed by atoms with Gasteiger partial charge in [-0.05, 0) is 60.8 Å². The molecule has 5 atom stereocenters. The molecule has 0 amide bonds. The van der Waals surface area contributed by atoms with Crippen molar-refractivity contribution in [2.24, 2.45) is 11.8 Å². The molecule has 2 aliphatic rings. The number of carbonyl (C=O) groups is 2. The van der Waals surface area contributed by atoms with Crippen molar-refractivity contribution in [3.05, 3.63) is 12.2 Å². The van der Waals surface area contributed by atoms with E-state index < -0.39 is 55.1 Å². The average Bonchev–Trinajstić information content (AvgIpc) is 2.65. The lowest BCUT2D eigenvalue weighted by atomic mass is 9.68. The molecule has 2 aliphatic carbocycles. The zero-order valence-electron chi connectivity index (χ0n) is 25.8. The average molecular weight is 555 g/mol. The molecule has 0 saturated heterocycles. The van der Waals surface area contributed by atoms with E-state index >= 15 is 0 Å². The number of rotatable bonds is 6. The van der Waals surface area contributed by atoms with Gasteiger partial charge in [0.15, 0.2) is 36.5 Å². The van der Waals surface area contributed by atoms with Crippen LogP contribution >= 0.6 is 0 Å². The number of hydrogen-bond acceptors (Lipinski definition) is 5. The van der Waals surface area contributed by atoms with Crippen molar-refractivity contribution in [1.29, 1.82) is 0 Å². The van der Waals surface area contributed by atoms with Crippen molar-refractivity contribution in [1.82, 2.24) is 0 Å². The molecule has 2 rings (SSSR count). The molecule has 8 heteroatoms. The third-order valence-electron chi connectivity index (χ3n) is 9.73. The van der Waals surface area contributed by atoms with Crippen LogP contribution in [0.3, 0.4) is 0 Å². The van der Waals surface area contributed by atoms with E-state index in [4.69, 9.17) is 13.3 Å². The number of carbonyl (C=O) groups excluding carboxylic acids is 2. The number of fused-ring (bicyclic) bond motifs is 1. The highest BCUT2D eigenvalue weighted by molar-refractivity contribution is 6.75. The summed E-state index contributed by atoms with van der Waals surface area (Å²) in [5.41, 5.74) is 0. The molecule has 0 spiro atoms. The summed E-state index contributed by atoms with van der Waals surface area (Å²) in [5.74, 6) is -0.945. The van der Waals surface area contributed by atoms with Gasteiger partial charge in [0.1, 0.15) is 12.2 Å². The smallest absolute Gasteiger partial charge is 0.193 e. The summed E-state index contributed by atoms with van der Waals surface area (Å²) < 4.78 is 20.3. The molecule has 1 saturated carbocycles. The van der Waals surface area contributed by atoms with Crippen molar-refractivity contribution in [2.75, 3.05) is 0 Å². The van der Waals surface area contributed by atoms with E-state index in [2.05, 4.69) is 102 Å². The van der Waals surface area contributed by atoms with E-state index in [1.54, 1.807) is 0 Å². The van der Waals surface area contributed by atoms with Gasteiger partial charge < -0.3 is 13.3 Å². The molecule has 0 aromatic rings. The van der Waals surface area contributed by atoms with E-state index in [1.807, 2.05) is 12.2 Å². The first-order chi connectivity index (χ1) is 15.8. The fourth-order valence-corrected chi connectivity index (χ4v) is 7.78. The Kier molecular flexibility index (Phi) is 8.82. The predicted octanol–water partition coefficient (Wildman–Crippen LogP) is 7.50. The summed E-state index contributed by atoms with van der Waals surface area (Å²) in [7, 11) is -6.88. The molecular weight excluding hydrogens is 501 g/mol. The van der Waals surface area contributed by atoms with Gasteiger partial charge in [0.2, 0.25) is 0 Å². The second kappa shape index (κ2) is 9.97. The van der Waals surface area contributed by atoms with Crippen molar-refractivity contribution in [2.45, 2.75) is 141 Å². The maximum absolute atomic E-state index is 14.4. The number of allylic oxidation sites excluding steroid dienone is 1. The highest BCUT2D eigenvalue weighted by atomic mass is 28.4. The molecule has 5 nitrogen and oxygen atoms in total. The van der Waals surface area contributed by atoms with E-state index in [-0.39, 0.29) is 26.7 Å². The molecule has 0 radical (unpaired) electrons. The van der Waals surface area contributed by atoms with Crippen molar-refractivity contribution in [3.63, 3.8) is 0 Å². The monoisotopic (exact) mass is 554 g/mol. The molecule has 0 N–H and O–H groups in total. The molecule has 36 heavy (non-hydrogen) atoms. The summed E-state index contributed by atoms with van der Waals surface area (Å²) >= 11 is 0. The highest BCUT2D eigenvalue weighted by Crippen LogP contribution is 2.46. The molecule has 0 aromatic heterocycles. The summed E-state index contributed by atoms with van der Waals surface area (Å²) in [5, 5.41) is -0.187. The van der Waals surface area contributed by atoms with Gasteiger partial charge in [-0.1, -0.05) is 74.5 Å². The maximum atomic E-state index is 14.4. The van der Waals surface area contributed by atoms with Crippen LogP contribution in [0.4, 0.5) is 0 Å². The minimum absolute atomic E-state index is 0.000523. The molecule has 0 heterocycles. The van der Waals surface area contributed by atoms with E-state index in [9.17, 15) is 9.59 Å². The van der Waals surface area contributed by atoms with Crippen LogP contribution in [0.2, 0.25) is 54.4 Å². The maximum Gasteiger partial charge on any atom is 0.193 e. The predicted molar refractivity (Wildman–Crippen MR) is 157 cm³/mol. The van der Waals surface area contributed by atoms with Gasteiger partial charge in [0, 0.05) is 5.92 Å². The lowest BCUT2D eigenvalue weighted by Crippen LogP contribution is -2.65. The molecular formula is C28H54O5Si3. The van der Waals surface area contributed by atoms with Crippen LogP contribution in [0.25, 0.3) is 0 Å². The fourth-order valence-electron chi connectivity index (χ4n) is 4.06. The Morgan fingerprint density at radius 1 is 0.639 bits per heavy atom. The third kappa shape index (κ3) is 6.25. The number of Topliss-reactive ketones (excluding diaryl/α,β-unsaturated/α-hetero) is 2. The van der Waals surface area contributed by atoms with Gasteiger partial charge in [0.25, 0.3) is 0 Å². The number of hydrogen-bond donors (Lipinski definition) is 0. The zero-order valence-corrected chi connectivity index (χ0v) is 28.8. The van der Waals surface area contributed by atoms with Gasteiger partial charge in [0.05, 0.1) is 12.0 Å². The minimum Gasteiger partial charge on any atom is -0.410 e. The van der Waals surface area contributed by atoms with Crippen LogP contribution in [0, 0.1) is 11.8 Å². The van der Waals surface area contributed by atoms with E-state index in [0.717, 1.165) is 0 Å². The first-order valence-electron chi connectivity index (χ1n) is 13.6. The quantitative estimate of drug-likeness (QED) is 0.251. The minimum atomic E-state index is -2.37. The van der Waals surface area contributed by atoms with Gasteiger partial charge in [-0.15, -0.1) is 0 Å². The van der Waals surface area contributed by atoms with Crippen LogP contribution in [0.5, 0.6) is 0 Å². The van der Waals surface area contributed by atoms with Crippen molar-refractivity contribution < 1.29 is 22.9 Å². The Hall–Kier alpha value is -0.389. The summed E-state index contributed by atoms with van der Waals surface area (Å²) in [6.07, 6.45) is 2.46. The van der Waals surface area contributed by atoms with Crippen LogP contribution < -0.4 is 0 Å². The van der Waals surface area contributed by atoms with Gasteiger partial charge >= 0.3 is 0 Å². The molecule has 0 aromatic carbocycles. The largest absolute Gasteiger partial charge is 0.410 e. The van der Waals surface area contributed by atoms with E-state index in [1.165, 1.54) is 0 Å². The Labute approximate surface area is 224 Å². The molecule has 0 unspecified atom stereocenters. The molecule has 0 aliphatic heterocycles. The normalized spacial score (nSPS) is 28.9. The standard InChI is InChI=1S/C28H54O5Si3/c1-26(2,3)34(10,11)31-20-18-16-17-19-21(20)23(30)25(33-36(14,15)28(7,8)9)24(22(19)29)32-35(12,13)27(4,5)6/h16,18-21,24-25H,17H2,1-15H3/t19-,20+,21-,24+,25+/m1/s1. The highest BCUT2D eigenvalue weighted by Gasteiger charge is 2.58. The fraction of sp³-hybridized carbons (Fsp3) is 0.857. The molecule has 208 valence electrons. The Morgan fingerprint density at radius 3 is 1.39 bits per heavy atom. The van der Waals surface area contributed by atoms with Crippen LogP contribution in [-0.2, 0) is 22.9 Å². The third-order valence-corrected chi connectivity index (χ3v) is 23.1. The Morgan fingerprint density at radius 2 is 1.00 bits per heavy atom. The summed E-state index contributed by atoms with van der Waals surface area (Å²) in [6.45, 7) is 32.5. The lowest BCUT2D eigenvalue weighted by Gasteiger charge is -2.50. The summed E-state index contributed by atoms with van der Waals surface area (Å²) in [6, 6.07) is 0. The second-order valence-corrected chi connectivity index (χ2v) is 29.8. The summed E-state index contributed by atoms with van der Waals surface area (Å²) in [4.78, 5) is 28.6. The first kappa shape index (κ1) is 31.8. The first-order valence-corrected chi connectivity index (χ1v) is 22.3.